The van der Waals surface area contributed by atoms with Crippen LogP contribution in [0.25, 0.3) is 0 Å². The smallest absolute Gasteiger partial charge is 0.270 e. The van der Waals surface area contributed by atoms with Gasteiger partial charge in [-0.3, -0.25) is 15.1 Å². The quantitative estimate of drug-likeness (QED) is 0.617. The normalized spacial score (nSPS) is 31.4. The van der Waals surface area contributed by atoms with E-state index in [4.69, 9.17) is 0 Å². The van der Waals surface area contributed by atoms with Crippen LogP contribution in [0.1, 0.15) is 26.3 Å². The number of nitro groups is 1. The van der Waals surface area contributed by atoms with Crippen molar-refractivity contribution < 1.29 is 17.7 Å². The molecule has 0 aliphatic carbocycles. The Hall–Kier alpha value is -1.83. The summed E-state index contributed by atoms with van der Waals surface area (Å²) in [5, 5.41) is 9.92. The molecule has 0 amide bonds. The van der Waals surface area contributed by atoms with Gasteiger partial charge in [-0.2, -0.15) is 0 Å². The van der Waals surface area contributed by atoms with Gasteiger partial charge >= 0.3 is 0 Å². The maximum absolute atomic E-state index is 14.0. The summed E-state index contributed by atoms with van der Waals surface area (Å²) in [4.78, 5) is 14.4. The first-order chi connectivity index (χ1) is 9.53. The molecular formula is C13H13FN2O4S. The van der Waals surface area contributed by atoms with Gasteiger partial charge in [0.25, 0.3) is 5.69 Å². The zero-order valence-corrected chi connectivity index (χ0v) is 12.4. The predicted molar refractivity (Wildman–Crippen MR) is 74.6 cm³/mol. The van der Waals surface area contributed by atoms with Gasteiger partial charge in [0.15, 0.2) is 9.84 Å². The molecule has 2 aliphatic rings. The Bertz CT molecular complexity index is 815. The number of fused-ring (bicyclic) bond motifs is 1. The third-order valence-corrected chi connectivity index (χ3v) is 7.39. The molecule has 0 spiro atoms. The zero-order chi connectivity index (χ0) is 15.8. The fraction of sp³-hybridized carbons (Fsp3) is 0.462. The van der Waals surface area contributed by atoms with Gasteiger partial charge in [-0.05, 0) is 26.8 Å². The number of halogens is 1. The van der Waals surface area contributed by atoms with Crippen molar-refractivity contribution in [3.05, 3.63) is 39.7 Å². The SMILES string of the molecule is CC1(c2cc([N+](=O)[O-])ccc2F)N=C2C1S(=O)(=O)C2(C)C. The fourth-order valence-electron chi connectivity index (χ4n) is 3.07. The number of nitro benzene ring substituents is 1. The minimum atomic E-state index is -3.47. The maximum atomic E-state index is 14.0. The number of aliphatic imine (C=N–C) groups is 1. The lowest BCUT2D eigenvalue weighted by Gasteiger charge is -2.57. The van der Waals surface area contributed by atoms with Gasteiger partial charge in [-0.25, -0.2) is 12.8 Å². The lowest BCUT2D eigenvalue weighted by molar-refractivity contribution is -0.385. The van der Waals surface area contributed by atoms with Gasteiger partial charge in [0.2, 0.25) is 0 Å². The second-order valence-electron chi connectivity index (χ2n) is 6.00. The molecule has 2 unspecified atom stereocenters. The monoisotopic (exact) mass is 312 g/mol. The summed E-state index contributed by atoms with van der Waals surface area (Å²) >= 11 is 0. The second-order valence-corrected chi connectivity index (χ2v) is 8.58. The van der Waals surface area contributed by atoms with E-state index < -0.39 is 36.1 Å². The maximum Gasteiger partial charge on any atom is 0.270 e. The molecule has 6 nitrogen and oxygen atoms in total. The number of benzene rings is 1. The van der Waals surface area contributed by atoms with Crippen molar-refractivity contribution in [2.24, 2.45) is 4.99 Å². The van der Waals surface area contributed by atoms with E-state index in [9.17, 15) is 22.9 Å². The molecular weight excluding hydrogens is 299 g/mol. The van der Waals surface area contributed by atoms with Crippen molar-refractivity contribution in [2.75, 3.05) is 0 Å². The molecule has 2 atom stereocenters. The molecule has 21 heavy (non-hydrogen) atoms. The molecule has 0 bridgehead atoms. The highest BCUT2D eigenvalue weighted by atomic mass is 32.2. The van der Waals surface area contributed by atoms with Gasteiger partial charge < -0.3 is 0 Å². The van der Waals surface area contributed by atoms with E-state index >= 15 is 0 Å². The van der Waals surface area contributed by atoms with Crippen molar-refractivity contribution in [1.82, 2.24) is 0 Å². The van der Waals surface area contributed by atoms with Gasteiger partial charge in [-0.15, -0.1) is 0 Å². The number of sulfone groups is 1. The third kappa shape index (κ3) is 1.45. The molecule has 1 fully saturated rings. The van der Waals surface area contributed by atoms with Crippen LogP contribution in [-0.4, -0.2) is 29.0 Å². The molecule has 0 N–H and O–H groups in total. The summed E-state index contributed by atoms with van der Waals surface area (Å²) in [6.45, 7) is 4.61. The second kappa shape index (κ2) is 3.68. The van der Waals surface area contributed by atoms with Crippen molar-refractivity contribution in [1.29, 1.82) is 0 Å². The molecule has 0 radical (unpaired) electrons. The summed E-state index contributed by atoms with van der Waals surface area (Å²) in [6, 6.07) is 3.09. The molecule has 1 aromatic rings. The lowest BCUT2D eigenvalue weighted by Crippen LogP contribution is -2.75. The van der Waals surface area contributed by atoms with Crippen molar-refractivity contribution >= 4 is 21.2 Å². The number of rotatable bonds is 2. The Balaban J connectivity index is 2.16. The van der Waals surface area contributed by atoms with Crippen LogP contribution in [0.3, 0.4) is 0 Å². The van der Waals surface area contributed by atoms with Crippen LogP contribution >= 0.6 is 0 Å². The molecule has 2 aliphatic heterocycles. The summed E-state index contributed by atoms with van der Waals surface area (Å²) in [7, 11) is -3.47. The van der Waals surface area contributed by atoms with E-state index in [0.29, 0.717) is 5.71 Å². The van der Waals surface area contributed by atoms with E-state index in [1.54, 1.807) is 13.8 Å². The fourth-order valence-corrected chi connectivity index (χ4v) is 5.35. The van der Waals surface area contributed by atoms with E-state index in [1.807, 2.05) is 0 Å². The molecule has 0 saturated carbocycles. The average molecular weight is 312 g/mol. The van der Waals surface area contributed by atoms with E-state index in [2.05, 4.69) is 4.99 Å². The Kier molecular flexibility index (Phi) is 2.47. The Morgan fingerprint density at radius 2 is 1.95 bits per heavy atom. The summed E-state index contributed by atoms with van der Waals surface area (Å²) < 4.78 is 37.6. The Labute approximate surface area is 120 Å². The summed E-state index contributed by atoms with van der Waals surface area (Å²) in [6.07, 6.45) is 0. The molecule has 3 rings (SSSR count). The van der Waals surface area contributed by atoms with Crippen LogP contribution in [0.5, 0.6) is 0 Å². The van der Waals surface area contributed by atoms with Crippen LogP contribution < -0.4 is 0 Å². The highest BCUT2D eigenvalue weighted by molar-refractivity contribution is 7.98. The van der Waals surface area contributed by atoms with Crippen LogP contribution in [0.15, 0.2) is 23.2 Å². The highest BCUT2D eigenvalue weighted by Gasteiger charge is 2.72. The molecule has 0 aromatic heterocycles. The number of nitrogens with zero attached hydrogens (tertiary/aromatic N) is 2. The van der Waals surface area contributed by atoms with Crippen LogP contribution in [0, 0.1) is 15.9 Å². The zero-order valence-electron chi connectivity index (χ0n) is 11.6. The molecule has 8 heteroatoms. The topological polar surface area (TPSA) is 89.6 Å². The van der Waals surface area contributed by atoms with E-state index in [-0.39, 0.29) is 11.3 Å². The highest BCUT2D eigenvalue weighted by Crippen LogP contribution is 2.55. The van der Waals surface area contributed by atoms with Crippen molar-refractivity contribution in [3.8, 4) is 0 Å². The molecule has 112 valence electrons. The first kappa shape index (κ1) is 14.1. The standard InChI is InChI=1S/C13H13FN2O4S/c1-12(2)10-11(21(12,19)20)13(3,15-10)8-6-7(16(17)18)4-5-9(8)14/h4-6,11H,1-3H3. The summed E-state index contributed by atoms with van der Waals surface area (Å²) in [5.41, 5.74) is -1.12. The molecule has 1 saturated heterocycles. The van der Waals surface area contributed by atoms with Gasteiger partial charge in [-0.1, -0.05) is 0 Å². The lowest BCUT2D eigenvalue weighted by atomic mass is 9.76. The van der Waals surface area contributed by atoms with Crippen molar-refractivity contribution in [3.63, 3.8) is 0 Å². The molecule has 2 heterocycles. The van der Waals surface area contributed by atoms with Gasteiger partial charge in [0, 0.05) is 17.7 Å². The van der Waals surface area contributed by atoms with Crippen LogP contribution in [0.2, 0.25) is 0 Å². The first-order valence-electron chi connectivity index (χ1n) is 6.31. The Morgan fingerprint density at radius 3 is 2.48 bits per heavy atom. The van der Waals surface area contributed by atoms with Crippen LogP contribution in [0.4, 0.5) is 10.1 Å². The number of non-ortho nitro benzene ring substituents is 1. The molecule has 1 aromatic carbocycles. The van der Waals surface area contributed by atoms with E-state index in [0.717, 1.165) is 18.2 Å². The largest absolute Gasteiger partial charge is 0.278 e. The minimum Gasteiger partial charge on any atom is -0.278 e. The Morgan fingerprint density at radius 1 is 1.33 bits per heavy atom. The minimum absolute atomic E-state index is 0.0514. The first-order valence-corrected chi connectivity index (χ1v) is 7.86. The van der Waals surface area contributed by atoms with Gasteiger partial charge in [0.05, 0.1) is 10.6 Å². The number of hydrogen-bond acceptors (Lipinski definition) is 5. The van der Waals surface area contributed by atoms with Crippen molar-refractivity contribution in [2.45, 2.75) is 36.3 Å². The summed E-state index contributed by atoms with van der Waals surface area (Å²) in [5.74, 6) is -0.689. The van der Waals surface area contributed by atoms with E-state index in [1.165, 1.54) is 6.92 Å². The third-order valence-electron chi connectivity index (χ3n) is 4.46. The van der Waals surface area contributed by atoms with Crippen LogP contribution in [-0.2, 0) is 15.4 Å². The average Bonchev–Trinajstić information content (AvgIpc) is 2.34. The van der Waals surface area contributed by atoms with Gasteiger partial charge in [0.1, 0.15) is 21.4 Å². The number of hydrogen-bond donors (Lipinski definition) is 0. The predicted octanol–water partition coefficient (Wildman–Crippen LogP) is 1.98.